The van der Waals surface area contributed by atoms with Gasteiger partial charge in [-0.15, -0.1) is 5.10 Å². The van der Waals surface area contributed by atoms with Crippen molar-refractivity contribution in [1.29, 1.82) is 0 Å². The minimum absolute atomic E-state index is 0.105. The van der Waals surface area contributed by atoms with Gasteiger partial charge in [-0.2, -0.15) is 4.98 Å². The number of rotatable bonds is 9. The monoisotopic (exact) mass is 463 g/mol. The number of anilines is 1. The number of nitrogens with zero attached hydrogens (tertiary/aromatic N) is 4. The Morgan fingerprint density at radius 1 is 1.24 bits per heavy atom. The van der Waals surface area contributed by atoms with Gasteiger partial charge in [-0.1, -0.05) is 18.7 Å². The molecule has 0 spiro atoms. The third-order valence-electron chi connectivity index (χ3n) is 4.77. The quantitative estimate of drug-likeness (QED) is 0.372. The zero-order chi connectivity index (χ0) is 24.3. The maximum absolute atomic E-state index is 14.6. The van der Waals surface area contributed by atoms with Crippen LogP contribution in [0.3, 0.4) is 0 Å². The van der Waals surface area contributed by atoms with Gasteiger partial charge in [0.05, 0.1) is 5.60 Å². The van der Waals surface area contributed by atoms with Crippen molar-refractivity contribution in [3.63, 3.8) is 0 Å². The fourth-order valence-corrected chi connectivity index (χ4v) is 3.13. The van der Waals surface area contributed by atoms with Gasteiger partial charge >= 0.3 is 0 Å². The summed E-state index contributed by atoms with van der Waals surface area (Å²) in [7, 11) is 0. The van der Waals surface area contributed by atoms with Gasteiger partial charge < -0.3 is 19.9 Å². The van der Waals surface area contributed by atoms with Crippen LogP contribution in [-0.2, 0) is 6.42 Å². The number of aromatic nitrogens is 4. The van der Waals surface area contributed by atoms with E-state index in [4.69, 9.17) is 9.47 Å². The van der Waals surface area contributed by atoms with Crippen molar-refractivity contribution in [2.75, 3.05) is 11.9 Å². The van der Waals surface area contributed by atoms with Crippen molar-refractivity contribution in [3.8, 4) is 17.4 Å². The summed E-state index contributed by atoms with van der Waals surface area (Å²) in [6.07, 6.45) is 3.68. The predicted molar refractivity (Wildman–Crippen MR) is 127 cm³/mol. The minimum Gasteiger partial charge on any atom is -0.490 e. The average molecular weight is 464 g/mol. The Hall–Kier alpha value is -3.98. The van der Waals surface area contributed by atoms with E-state index in [-0.39, 0.29) is 12.4 Å². The maximum atomic E-state index is 14.6. The molecule has 4 aromatic rings. The standard InChI is InChI=1S/C25H26FN5O3/c1-16-6-5-10-27-23(16)34-21-8-7-18(13-20(21)26)12-17(2)28-24-29-22-14-19(9-11-31(22)30-24)33-15-25(3,4)32/h5-11,13-14,32H,2,12,15H2,1,3-4H3,(H,28,30). The highest BCUT2D eigenvalue weighted by molar-refractivity contribution is 5.49. The van der Waals surface area contributed by atoms with E-state index in [1.54, 1.807) is 61.1 Å². The van der Waals surface area contributed by atoms with Crippen LogP contribution in [0.2, 0.25) is 0 Å². The zero-order valence-corrected chi connectivity index (χ0v) is 19.2. The second-order valence-electron chi connectivity index (χ2n) is 8.60. The predicted octanol–water partition coefficient (Wildman–Crippen LogP) is 4.68. The van der Waals surface area contributed by atoms with Crippen LogP contribution in [0.4, 0.5) is 10.3 Å². The number of halogens is 1. The average Bonchev–Trinajstić information content (AvgIpc) is 3.16. The summed E-state index contributed by atoms with van der Waals surface area (Å²) in [6.45, 7) is 9.35. The van der Waals surface area contributed by atoms with Crippen molar-refractivity contribution in [3.05, 3.63) is 84.1 Å². The lowest BCUT2D eigenvalue weighted by atomic mass is 10.1. The molecule has 2 N–H and O–H groups in total. The van der Waals surface area contributed by atoms with Crippen LogP contribution in [0.15, 0.2) is 67.1 Å². The van der Waals surface area contributed by atoms with E-state index >= 15 is 0 Å². The molecule has 0 fully saturated rings. The van der Waals surface area contributed by atoms with Crippen LogP contribution < -0.4 is 14.8 Å². The highest BCUT2D eigenvalue weighted by Crippen LogP contribution is 2.26. The summed E-state index contributed by atoms with van der Waals surface area (Å²) in [5.41, 5.74) is 1.76. The number of aryl methyl sites for hydroxylation is 1. The molecule has 4 rings (SSSR count). The number of allylic oxidation sites excluding steroid dienone is 1. The third-order valence-corrected chi connectivity index (χ3v) is 4.77. The van der Waals surface area contributed by atoms with Crippen molar-refractivity contribution >= 4 is 11.6 Å². The number of hydrogen-bond donors (Lipinski definition) is 2. The number of hydrogen-bond acceptors (Lipinski definition) is 7. The largest absolute Gasteiger partial charge is 0.490 e. The molecule has 3 aromatic heterocycles. The van der Waals surface area contributed by atoms with E-state index in [1.165, 1.54) is 6.07 Å². The molecule has 0 aliphatic rings. The fourth-order valence-electron chi connectivity index (χ4n) is 3.13. The van der Waals surface area contributed by atoms with Crippen LogP contribution in [0, 0.1) is 12.7 Å². The smallest absolute Gasteiger partial charge is 0.247 e. The molecule has 0 aliphatic carbocycles. The molecule has 9 heteroatoms. The van der Waals surface area contributed by atoms with Gasteiger partial charge in [0.2, 0.25) is 11.8 Å². The van der Waals surface area contributed by atoms with Crippen molar-refractivity contribution < 1.29 is 19.0 Å². The van der Waals surface area contributed by atoms with Gasteiger partial charge in [0.25, 0.3) is 0 Å². The summed E-state index contributed by atoms with van der Waals surface area (Å²) >= 11 is 0. The Kier molecular flexibility index (Phi) is 6.47. The molecule has 176 valence electrons. The van der Waals surface area contributed by atoms with Gasteiger partial charge in [-0.25, -0.2) is 13.9 Å². The lowest BCUT2D eigenvalue weighted by Crippen LogP contribution is -2.27. The molecule has 0 aliphatic heterocycles. The number of aliphatic hydroxyl groups is 1. The number of ether oxygens (including phenoxy) is 2. The lowest BCUT2D eigenvalue weighted by molar-refractivity contribution is 0.0285. The highest BCUT2D eigenvalue weighted by atomic mass is 19.1. The lowest BCUT2D eigenvalue weighted by Gasteiger charge is -2.17. The Labute approximate surface area is 196 Å². The molecule has 3 heterocycles. The summed E-state index contributed by atoms with van der Waals surface area (Å²) < 4.78 is 27.4. The van der Waals surface area contributed by atoms with E-state index in [1.807, 2.05) is 13.0 Å². The Bertz CT molecular complexity index is 1330. The first-order valence-electron chi connectivity index (χ1n) is 10.7. The molecule has 1 aromatic carbocycles. The minimum atomic E-state index is -0.939. The van der Waals surface area contributed by atoms with Gasteiger partial charge in [0.1, 0.15) is 12.4 Å². The van der Waals surface area contributed by atoms with Crippen LogP contribution >= 0.6 is 0 Å². The number of fused-ring (bicyclic) bond motifs is 1. The highest BCUT2D eigenvalue weighted by Gasteiger charge is 2.14. The fraction of sp³-hybridized carbons (Fsp3) is 0.240. The molecule has 0 saturated carbocycles. The van der Waals surface area contributed by atoms with Crippen LogP contribution in [0.5, 0.6) is 17.4 Å². The van der Waals surface area contributed by atoms with E-state index in [2.05, 4.69) is 27.0 Å². The number of pyridine rings is 2. The number of nitrogens with one attached hydrogen (secondary N) is 1. The zero-order valence-electron chi connectivity index (χ0n) is 19.2. The van der Waals surface area contributed by atoms with Crippen molar-refractivity contribution in [2.45, 2.75) is 32.8 Å². The van der Waals surface area contributed by atoms with Crippen LogP contribution in [-0.4, -0.2) is 36.9 Å². The summed E-state index contributed by atoms with van der Waals surface area (Å²) in [5, 5.41) is 17.2. The topological polar surface area (TPSA) is 93.8 Å². The summed E-state index contributed by atoms with van der Waals surface area (Å²) in [6, 6.07) is 11.9. The van der Waals surface area contributed by atoms with Gasteiger partial charge in [0.15, 0.2) is 17.2 Å². The van der Waals surface area contributed by atoms with E-state index < -0.39 is 11.4 Å². The molecule has 0 amide bonds. The Morgan fingerprint density at radius 3 is 2.79 bits per heavy atom. The van der Waals surface area contributed by atoms with Gasteiger partial charge in [-0.3, -0.25) is 0 Å². The molecule has 0 unspecified atom stereocenters. The van der Waals surface area contributed by atoms with Gasteiger partial charge in [0, 0.05) is 36.1 Å². The van der Waals surface area contributed by atoms with Crippen molar-refractivity contribution in [2.24, 2.45) is 0 Å². The SMILES string of the molecule is C=C(Cc1ccc(Oc2ncccc2C)c(F)c1)Nc1nc2cc(OCC(C)(C)O)ccn2n1. The molecular weight excluding hydrogens is 437 g/mol. The normalized spacial score (nSPS) is 11.4. The third kappa shape index (κ3) is 5.87. The summed E-state index contributed by atoms with van der Waals surface area (Å²) in [5.74, 6) is 0.919. The second-order valence-corrected chi connectivity index (χ2v) is 8.60. The molecular formula is C25H26FN5O3. The van der Waals surface area contributed by atoms with Crippen molar-refractivity contribution in [1.82, 2.24) is 19.6 Å². The second kappa shape index (κ2) is 9.48. The molecule has 0 saturated heterocycles. The molecule has 34 heavy (non-hydrogen) atoms. The molecule has 8 nitrogen and oxygen atoms in total. The number of benzene rings is 1. The first-order valence-corrected chi connectivity index (χ1v) is 10.7. The molecule has 0 radical (unpaired) electrons. The van der Waals surface area contributed by atoms with E-state index in [9.17, 15) is 9.50 Å². The summed E-state index contributed by atoms with van der Waals surface area (Å²) in [4.78, 5) is 8.55. The van der Waals surface area contributed by atoms with Gasteiger partial charge in [-0.05, 0) is 50.6 Å². The molecule has 0 atom stereocenters. The Balaban J connectivity index is 1.39. The van der Waals surface area contributed by atoms with Crippen LogP contribution in [0.1, 0.15) is 25.0 Å². The Morgan fingerprint density at radius 2 is 2.06 bits per heavy atom. The van der Waals surface area contributed by atoms with E-state index in [0.717, 1.165) is 5.56 Å². The van der Waals surface area contributed by atoms with Crippen LogP contribution in [0.25, 0.3) is 5.65 Å². The first kappa shape index (κ1) is 23.2. The van der Waals surface area contributed by atoms with E-state index in [0.29, 0.717) is 40.9 Å². The maximum Gasteiger partial charge on any atom is 0.247 e. The first-order chi connectivity index (χ1) is 16.2. The molecule has 0 bridgehead atoms.